The average molecular weight is 290 g/mol. The Morgan fingerprint density at radius 1 is 1.43 bits per heavy atom. The molecule has 2 rings (SSSR count). The third kappa shape index (κ3) is 3.83. The zero-order chi connectivity index (χ0) is 15.4. The average Bonchev–Trinajstić information content (AvgIpc) is 2.92. The second-order valence-electron chi connectivity index (χ2n) is 6.00. The molecule has 1 saturated heterocycles. The lowest BCUT2D eigenvalue weighted by atomic mass is 9.97. The first-order valence-electron chi connectivity index (χ1n) is 7.84. The van der Waals surface area contributed by atoms with Crippen LogP contribution in [0.1, 0.15) is 45.1 Å². The highest BCUT2D eigenvalue weighted by molar-refractivity contribution is 5.95. The Bertz CT molecular complexity index is 489. The summed E-state index contributed by atoms with van der Waals surface area (Å²) in [6, 6.07) is 7.79. The molecule has 0 spiro atoms. The van der Waals surface area contributed by atoms with Crippen LogP contribution in [0.15, 0.2) is 24.3 Å². The molecule has 4 nitrogen and oxygen atoms in total. The van der Waals surface area contributed by atoms with E-state index in [1.54, 1.807) is 0 Å². The SMILES string of the molecule is CCC(C)c1ccccc1NC(=O)C(C)N1CC[C@@H](O)C1. The van der Waals surface area contributed by atoms with Gasteiger partial charge in [-0.2, -0.15) is 0 Å². The molecule has 4 heteroatoms. The molecule has 2 N–H and O–H groups in total. The van der Waals surface area contributed by atoms with Crippen LogP contribution in [0.5, 0.6) is 0 Å². The number of likely N-dealkylation sites (tertiary alicyclic amines) is 1. The molecule has 3 atom stereocenters. The van der Waals surface area contributed by atoms with E-state index < -0.39 is 0 Å². The fourth-order valence-electron chi connectivity index (χ4n) is 2.78. The van der Waals surface area contributed by atoms with Gasteiger partial charge in [0.05, 0.1) is 12.1 Å². The highest BCUT2D eigenvalue weighted by atomic mass is 16.3. The topological polar surface area (TPSA) is 52.6 Å². The number of carbonyl (C=O) groups is 1. The number of aliphatic hydroxyl groups is 1. The van der Waals surface area contributed by atoms with Crippen LogP contribution < -0.4 is 5.32 Å². The maximum absolute atomic E-state index is 12.4. The molecule has 1 aliphatic heterocycles. The van der Waals surface area contributed by atoms with Gasteiger partial charge in [-0.15, -0.1) is 0 Å². The molecule has 1 amide bonds. The maximum Gasteiger partial charge on any atom is 0.241 e. The standard InChI is InChI=1S/C17H26N2O2/c1-4-12(2)15-7-5-6-8-16(15)18-17(21)13(3)19-10-9-14(20)11-19/h5-8,12-14,20H,4,9-11H2,1-3H3,(H,18,21)/t12?,13?,14-/m1/s1. The number of benzene rings is 1. The molecule has 1 fully saturated rings. The second-order valence-corrected chi connectivity index (χ2v) is 6.00. The lowest BCUT2D eigenvalue weighted by Gasteiger charge is -2.24. The number of nitrogens with zero attached hydrogens (tertiary/aromatic N) is 1. The quantitative estimate of drug-likeness (QED) is 0.876. The predicted molar refractivity (Wildman–Crippen MR) is 85.4 cm³/mol. The summed E-state index contributed by atoms with van der Waals surface area (Å²) in [5, 5.41) is 12.7. The van der Waals surface area contributed by atoms with Crippen LogP contribution in [-0.2, 0) is 4.79 Å². The molecule has 0 aromatic heterocycles. The number of amides is 1. The normalized spacial score (nSPS) is 22.0. The van der Waals surface area contributed by atoms with Crippen molar-refractivity contribution in [1.82, 2.24) is 4.90 Å². The third-order valence-electron chi connectivity index (χ3n) is 4.48. The highest BCUT2D eigenvalue weighted by Crippen LogP contribution is 2.27. The molecule has 1 aliphatic rings. The van der Waals surface area contributed by atoms with Gasteiger partial charge in [0.2, 0.25) is 5.91 Å². The molecule has 1 heterocycles. The lowest BCUT2D eigenvalue weighted by molar-refractivity contribution is -0.120. The van der Waals surface area contributed by atoms with Crippen LogP contribution in [0.2, 0.25) is 0 Å². The molecular weight excluding hydrogens is 264 g/mol. The number of nitrogens with one attached hydrogen (secondary N) is 1. The van der Waals surface area contributed by atoms with Gasteiger partial charge in [0, 0.05) is 18.8 Å². The molecule has 21 heavy (non-hydrogen) atoms. The summed E-state index contributed by atoms with van der Waals surface area (Å²) in [6.45, 7) is 7.59. The van der Waals surface area contributed by atoms with Crippen molar-refractivity contribution in [1.29, 1.82) is 0 Å². The largest absolute Gasteiger partial charge is 0.392 e. The summed E-state index contributed by atoms with van der Waals surface area (Å²) < 4.78 is 0. The van der Waals surface area contributed by atoms with Gasteiger partial charge < -0.3 is 10.4 Å². The number of hydrogen-bond donors (Lipinski definition) is 2. The van der Waals surface area contributed by atoms with E-state index in [9.17, 15) is 9.90 Å². The number of anilines is 1. The van der Waals surface area contributed by atoms with E-state index in [-0.39, 0.29) is 18.1 Å². The molecule has 2 unspecified atom stereocenters. The van der Waals surface area contributed by atoms with Crippen LogP contribution in [0.4, 0.5) is 5.69 Å². The van der Waals surface area contributed by atoms with Crippen molar-refractivity contribution in [3.63, 3.8) is 0 Å². The van der Waals surface area contributed by atoms with Crippen LogP contribution in [0.25, 0.3) is 0 Å². The van der Waals surface area contributed by atoms with Crippen molar-refractivity contribution in [2.24, 2.45) is 0 Å². The van der Waals surface area contributed by atoms with E-state index in [2.05, 4.69) is 25.2 Å². The number of para-hydroxylation sites is 1. The van der Waals surface area contributed by atoms with Gasteiger partial charge in [-0.05, 0) is 37.3 Å². The van der Waals surface area contributed by atoms with Gasteiger partial charge in [0.25, 0.3) is 0 Å². The minimum Gasteiger partial charge on any atom is -0.392 e. The Kier molecular flexibility index (Phi) is 5.37. The highest BCUT2D eigenvalue weighted by Gasteiger charge is 2.28. The van der Waals surface area contributed by atoms with Crippen LogP contribution >= 0.6 is 0 Å². The molecule has 0 radical (unpaired) electrons. The molecule has 0 bridgehead atoms. The van der Waals surface area contributed by atoms with Crippen LogP contribution in [0.3, 0.4) is 0 Å². The van der Waals surface area contributed by atoms with Gasteiger partial charge in [-0.3, -0.25) is 9.69 Å². The van der Waals surface area contributed by atoms with Gasteiger partial charge in [-0.1, -0.05) is 32.0 Å². The fraction of sp³-hybridized carbons (Fsp3) is 0.588. The van der Waals surface area contributed by atoms with E-state index >= 15 is 0 Å². The summed E-state index contributed by atoms with van der Waals surface area (Å²) in [5.41, 5.74) is 2.09. The Labute approximate surface area is 127 Å². The summed E-state index contributed by atoms with van der Waals surface area (Å²) >= 11 is 0. The van der Waals surface area contributed by atoms with Crippen molar-refractivity contribution < 1.29 is 9.90 Å². The summed E-state index contributed by atoms with van der Waals surface area (Å²) in [4.78, 5) is 14.5. The molecular formula is C17H26N2O2. The minimum absolute atomic E-state index is 0.000136. The molecule has 1 aromatic carbocycles. The second kappa shape index (κ2) is 7.05. The fourth-order valence-corrected chi connectivity index (χ4v) is 2.78. The van der Waals surface area contributed by atoms with Gasteiger partial charge in [-0.25, -0.2) is 0 Å². The van der Waals surface area contributed by atoms with E-state index in [1.165, 1.54) is 5.56 Å². The van der Waals surface area contributed by atoms with Crippen LogP contribution in [-0.4, -0.2) is 41.1 Å². The first-order valence-corrected chi connectivity index (χ1v) is 7.84. The van der Waals surface area contributed by atoms with Crippen molar-refractivity contribution in [3.05, 3.63) is 29.8 Å². The number of aliphatic hydroxyl groups excluding tert-OH is 1. The predicted octanol–water partition coefficient (Wildman–Crippen LogP) is 2.59. The summed E-state index contributed by atoms with van der Waals surface area (Å²) in [5.74, 6) is 0.422. The van der Waals surface area contributed by atoms with Gasteiger partial charge in [0.15, 0.2) is 0 Å². The zero-order valence-corrected chi connectivity index (χ0v) is 13.2. The molecule has 1 aromatic rings. The summed E-state index contributed by atoms with van der Waals surface area (Å²) in [7, 11) is 0. The third-order valence-corrected chi connectivity index (χ3v) is 4.48. The Balaban J connectivity index is 2.06. The van der Waals surface area contributed by atoms with E-state index in [1.807, 2.05) is 30.0 Å². The van der Waals surface area contributed by atoms with Crippen molar-refractivity contribution in [2.75, 3.05) is 18.4 Å². The lowest BCUT2D eigenvalue weighted by Crippen LogP contribution is -2.41. The number of hydrogen-bond acceptors (Lipinski definition) is 3. The number of carbonyl (C=O) groups excluding carboxylic acids is 1. The first-order chi connectivity index (χ1) is 10.0. The van der Waals surface area contributed by atoms with Gasteiger partial charge in [0.1, 0.15) is 0 Å². The van der Waals surface area contributed by atoms with Gasteiger partial charge >= 0.3 is 0 Å². The van der Waals surface area contributed by atoms with E-state index in [0.717, 1.165) is 25.1 Å². The van der Waals surface area contributed by atoms with Crippen molar-refractivity contribution >= 4 is 11.6 Å². The maximum atomic E-state index is 12.4. The number of rotatable bonds is 5. The Morgan fingerprint density at radius 2 is 2.14 bits per heavy atom. The molecule has 0 saturated carbocycles. The van der Waals surface area contributed by atoms with Crippen molar-refractivity contribution in [2.45, 2.75) is 51.7 Å². The zero-order valence-electron chi connectivity index (χ0n) is 13.2. The van der Waals surface area contributed by atoms with E-state index in [0.29, 0.717) is 12.5 Å². The Hall–Kier alpha value is -1.39. The monoisotopic (exact) mass is 290 g/mol. The number of β-amino-alcohol motifs (C(OH)–C–C–N with tert-alkyl or cyclic N) is 1. The van der Waals surface area contributed by atoms with E-state index in [4.69, 9.17) is 0 Å². The molecule has 0 aliphatic carbocycles. The first kappa shape index (κ1) is 16.0. The smallest absolute Gasteiger partial charge is 0.241 e. The van der Waals surface area contributed by atoms with Crippen molar-refractivity contribution in [3.8, 4) is 0 Å². The molecule has 116 valence electrons. The Morgan fingerprint density at radius 3 is 2.76 bits per heavy atom. The van der Waals surface area contributed by atoms with Crippen LogP contribution in [0, 0.1) is 0 Å². The summed E-state index contributed by atoms with van der Waals surface area (Å²) in [6.07, 6.45) is 1.50. The minimum atomic E-state index is -0.298.